The fraction of sp³-hybridized carbons (Fsp3) is 0.467. The van der Waals surface area contributed by atoms with E-state index >= 15 is 0 Å². The number of alkyl halides is 1. The van der Waals surface area contributed by atoms with Crippen LogP contribution in [-0.4, -0.2) is 49.3 Å². The van der Waals surface area contributed by atoms with Crippen LogP contribution in [-0.2, 0) is 0 Å². The number of urea groups is 2. The Morgan fingerprint density at radius 3 is 2.96 bits per heavy atom. The number of hydrogen-bond donors (Lipinski definition) is 2. The molecule has 0 unspecified atom stereocenters. The van der Waals surface area contributed by atoms with Crippen molar-refractivity contribution in [2.45, 2.75) is 18.9 Å². The van der Waals surface area contributed by atoms with Crippen molar-refractivity contribution in [2.75, 3.05) is 36.5 Å². The molecule has 1 atom stereocenters. The molecule has 2 saturated heterocycles. The van der Waals surface area contributed by atoms with Crippen LogP contribution in [0.1, 0.15) is 12.8 Å². The van der Waals surface area contributed by atoms with E-state index in [9.17, 15) is 14.0 Å². The number of halogens is 2. The average Bonchev–Trinajstić information content (AvgIpc) is 3.17. The topological polar surface area (TPSA) is 64.7 Å². The van der Waals surface area contributed by atoms with E-state index in [1.165, 1.54) is 9.80 Å². The van der Waals surface area contributed by atoms with Crippen LogP contribution in [0.4, 0.5) is 25.4 Å². The molecule has 0 saturated carbocycles. The molecule has 0 aliphatic carbocycles. The number of carbonyl (C=O) groups excluding carboxylic acids is 2. The second-order valence-corrected chi connectivity index (χ2v) is 6.03. The minimum Gasteiger partial charge on any atom is -0.336 e. The molecule has 2 aliphatic rings. The maximum Gasteiger partial charge on any atom is 0.322 e. The summed E-state index contributed by atoms with van der Waals surface area (Å²) in [5.41, 5.74) is 1.07. The number of likely N-dealkylation sites (tertiary alicyclic amines) is 1. The monoisotopic (exact) mass is 340 g/mol. The van der Waals surface area contributed by atoms with Gasteiger partial charge in [-0.1, -0.05) is 11.6 Å². The lowest BCUT2D eigenvalue weighted by Crippen LogP contribution is -2.39. The van der Waals surface area contributed by atoms with E-state index in [1.54, 1.807) is 18.2 Å². The van der Waals surface area contributed by atoms with Gasteiger partial charge in [0.2, 0.25) is 0 Å². The third-order valence-electron chi connectivity index (χ3n) is 4.16. The van der Waals surface area contributed by atoms with Gasteiger partial charge in [-0.25, -0.2) is 14.0 Å². The summed E-state index contributed by atoms with van der Waals surface area (Å²) in [6.45, 7) is 1.09. The summed E-state index contributed by atoms with van der Waals surface area (Å²) in [6.07, 6.45) is 1.49. The zero-order chi connectivity index (χ0) is 16.4. The highest BCUT2D eigenvalue weighted by molar-refractivity contribution is 6.34. The highest BCUT2D eigenvalue weighted by Gasteiger charge is 2.29. The van der Waals surface area contributed by atoms with Gasteiger partial charge in [0.15, 0.2) is 0 Å². The van der Waals surface area contributed by atoms with E-state index in [0.29, 0.717) is 42.5 Å². The Morgan fingerprint density at radius 1 is 1.43 bits per heavy atom. The SMILES string of the molecule is O=C1NCCN1c1cc(NC(=O)N2CCC[C@@H]2CF)ccc1Cl. The lowest BCUT2D eigenvalue weighted by atomic mass is 10.2. The second-order valence-electron chi connectivity index (χ2n) is 5.62. The molecule has 124 valence electrons. The van der Waals surface area contributed by atoms with Crippen molar-refractivity contribution < 1.29 is 14.0 Å². The molecule has 0 aromatic heterocycles. The van der Waals surface area contributed by atoms with Crippen molar-refractivity contribution in [3.63, 3.8) is 0 Å². The summed E-state index contributed by atoms with van der Waals surface area (Å²) >= 11 is 6.16. The minimum atomic E-state index is -0.534. The Balaban J connectivity index is 1.76. The molecule has 2 aliphatic heterocycles. The molecule has 8 heteroatoms. The molecule has 0 radical (unpaired) electrons. The number of hydrogen-bond acceptors (Lipinski definition) is 2. The maximum absolute atomic E-state index is 12.9. The zero-order valence-electron chi connectivity index (χ0n) is 12.5. The maximum atomic E-state index is 12.9. The summed E-state index contributed by atoms with van der Waals surface area (Å²) < 4.78 is 12.9. The van der Waals surface area contributed by atoms with Crippen LogP contribution in [0.3, 0.4) is 0 Å². The number of benzene rings is 1. The summed E-state index contributed by atoms with van der Waals surface area (Å²) in [6, 6.07) is 4.06. The van der Waals surface area contributed by atoms with Crippen LogP contribution in [0.2, 0.25) is 5.02 Å². The van der Waals surface area contributed by atoms with Crippen LogP contribution in [0.15, 0.2) is 18.2 Å². The van der Waals surface area contributed by atoms with Crippen molar-refractivity contribution in [1.29, 1.82) is 0 Å². The van der Waals surface area contributed by atoms with Crippen LogP contribution < -0.4 is 15.5 Å². The van der Waals surface area contributed by atoms with Gasteiger partial charge >= 0.3 is 12.1 Å². The van der Waals surface area contributed by atoms with Crippen LogP contribution in [0, 0.1) is 0 Å². The summed E-state index contributed by atoms with van der Waals surface area (Å²) in [5, 5.41) is 5.90. The first-order valence-electron chi connectivity index (χ1n) is 7.58. The number of anilines is 2. The summed E-state index contributed by atoms with van der Waals surface area (Å²) in [4.78, 5) is 27.1. The normalized spacial score (nSPS) is 20.8. The Hall–Kier alpha value is -2.02. The zero-order valence-corrected chi connectivity index (χ0v) is 13.3. The Labute approximate surface area is 138 Å². The Morgan fingerprint density at radius 2 is 2.26 bits per heavy atom. The van der Waals surface area contributed by atoms with Gasteiger partial charge in [0.25, 0.3) is 0 Å². The number of amides is 4. The van der Waals surface area contributed by atoms with Gasteiger partial charge in [-0.3, -0.25) is 4.90 Å². The molecule has 0 bridgehead atoms. The molecule has 1 aromatic rings. The predicted molar refractivity (Wildman–Crippen MR) is 86.9 cm³/mol. The van der Waals surface area contributed by atoms with E-state index in [4.69, 9.17) is 11.6 Å². The van der Waals surface area contributed by atoms with Gasteiger partial charge in [-0.2, -0.15) is 0 Å². The third-order valence-corrected chi connectivity index (χ3v) is 4.48. The van der Waals surface area contributed by atoms with E-state index in [1.807, 2.05) is 0 Å². The summed E-state index contributed by atoms with van der Waals surface area (Å²) in [5.74, 6) is 0. The largest absolute Gasteiger partial charge is 0.336 e. The van der Waals surface area contributed by atoms with E-state index in [-0.39, 0.29) is 18.1 Å². The molecule has 2 heterocycles. The first kappa shape index (κ1) is 15.9. The predicted octanol–water partition coefficient (Wildman–Crippen LogP) is 2.84. The molecule has 4 amide bonds. The fourth-order valence-electron chi connectivity index (χ4n) is 2.96. The van der Waals surface area contributed by atoms with E-state index < -0.39 is 6.67 Å². The van der Waals surface area contributed by atoms with Gasteiger partial charge in [-0.15, -0.1) is 0 Å². The number of nitrogens with zero attached hydrogens (tertiary/aromatic N) is 2. The van der Waals surface area contributed by atoms with E-state index in [2.05, 4.69) is 10.6 Å². The van der Waals surface area contributed by atoms with Crippen molar-refractivity contribution >= 4 is 35.0 Å². The van der Waals surface area contributed by atoms with Gasteiger partial charge in [0.1, 0.15) is 6.67 Å². The molecule has 6 nitrogen and oxygen atoms in total. The number of rotatable bonds is 3. The molecule has 3 rings (SSSR count). The highest BCUT2D eigenvalue weighted by atomic mass is 35.5. The van der Waals surface area contributed by atoms with Crippen LogP contribution in [0.5, 0.6) is 0 Å². The fourth-order valence-corrected chi connectivity index (χ4v) is 3.18. The Bertz CT molecular complexity index is 627. The minimum absolute atomic E-state index is 0.215. The second kappa shape index (κ2) is 6.62. The standard InChI is InChI=1S/C15H18ClFN4O2/c16-12-4-3-10(8-13(12)21-7-5-18-14(21)22)19-15(23)20-6-1-2-11(20)9-17/h3-4,8,11H,1-2,5-7,9H2,(H,18,22)(H,19,23)/t11-/m1/s1. The number of carbonyl (C=O) groups is 2. The van der Waals surface area contributed by atoms with Crippen molar-refractivity contribution in [1.82, 2.24) is 10.2 Å². The van der Waals surface area contributed by atoms with Crippen LogP contribution in [0.25, 0.3) is 0 Å². The lowest BCUT2D eigenvalue weighted by Gasteiger charge is -2.23. The molecule has 2 fully saturated rings. The highest BCUT2D eigenvalue weighted by Crippen LogP contribution is 2.30. The quantitative estimate of drug-likeness (QED) is 0.888. The average molecular weight is 341 g/mol. The molecule has 0 spiro atoms. The van der Waals surface area contributed by atoms with Crippen LogP contribution >= 0.6 is 11.6 Å². The van der Waals surface area contributed by atoms with E-state index in [0.717, 1.165) is 6.42 Å². The molecule has 1 aromatic carbocycles. The van der Waals surface area contributed by atoms with Gasteiger partial charge in [0.05, 0.1) is 16.8 Å². The van der Waals surface area contributed by atoms with Gasteiger partial charge in [0, 0.05) is 25.3 Å². The Kier molecular flexibility index (Phi) is 4.56. The lowest BCUT2D eigenvalue weighted by molar-refractivity contribution is 0.195. The molecular formula is C15H18ClFN4O2. The van der Waals surface area contributed by atoms with Crippen molar-refractivity contribution in [3.05, 3.63) is 23.2 Å². The van der Waals surface area contributed by atoms with Crippen molar-refractivity contribution in [2.24, 2.45) is 0 Å². The molecular weight excluding hydrogens is 323 g/mol. The van der Waals surface area contributed by atoms with Gasteiger partial charge < -0.3 is 15.5 Å². The molecule has 2 N–H and O–H groups in total. The summed E-state index contributed by atoms with van der Waals surface area (Å²) in [7, 11) is 0. The first-order valence-corrected chi connectivity index (χ1v) is 7.96. The first-order chi connectivity index (χ1) is 11.1. The molecule has 23 heavy (non-hydrogen) atoms. The third kappa shape index (κ3) is 3.19. The number of nitrogens with one attached hydrogen (secondary N) is 2. The van der Waals surface area contributed by atoms with Crippen molar-refractivity contribution in [3.8, 4) is 0 Å². The van der Waals surface area contributed by atoms with Gasteiger partial charge in [-0.05, 0) is 31.0 Å². The smallest absolute Gasteiger partial charge is 0.322 e.